The van der Waals surface area contributed by atoms with E-state index in [2.05, 4.69) is 10.6 Å². The summed E-state index contributed by atoms with van der Waals surface area (Å²) in [6.45, 7) is 6.26. The van der Waals surface area contributed by atoms with Crippen molar-refractivity contribution in [1.82, 2.24) is 0 Å². The standard InChI is InChI=1S/C31H34B2N2O4/c1-23(34-29-10-6-4-7-11-29)38-32-27-16-14-26(15-17-27)22-36-25(3)37-31-20-18-28(19-21-31)33-39-24(2)35-30-12-8-5-9-13-30/h4-21,23-25,34-35H,22H2,1-3H3. The summed E-state index contributed by atoms with van der Waals surface area (Å²) in [5.74, 6) is 0.732. The van der Waals surface area contributed by atoms with E-state index < -0.39 is 6.29 Å². The third-order valence-electron chi connectivity index (χ3n) is 5.75. The van der Waals surface area contributed by atoms with E-state index in [-0.39, 0.29) is 12.5 Å². The van der Waals surface area contributed by atoms with Crippen molar-refractivity contribution in [3.05, 3.63) is 115 Å². The molecule has 4 aromatic rings. The van der Waals surface area contributed by atoms with Gasteiger partial charge in [0.2, 0.25) is 0 Å². The van der Waals surface area contributed by atoms with Crippen LogP contribution in [-0.4, -0.2) is 33.7 Å². The molecule has 0 saturated heterocycles. The average molecular weight is 520 g/mol. The molecule has 4 rings (SSSR count). The molecule has 3 unspecified atom stereocenters. The zero-order chi connectivity index (χ0) is 27.3. The summed E-state index contributed by atoms with van der Waals surface area (Å²) in [7, 11) is 3.49. The summed E-state index contributed by atoms with van der Waals surface area (Å²) in [6.07, 6.45) is -0.699. The van der Waals surface area contributed by atoms with Crippen LogP contribution in [0.3, 0.4) is 0 Å². The molecule has 0 bridgehead atoms. The summed E-state index contributed by atoms with van der Waals surface area (Å²) in [5.41, 5.74) is 5.02. The summed E-state index contributed by atoms with van der Waals surface area (Å²) in [4.78, 5) is 0. The summed E-state index contributed by atoms with van der Waals surface area (Å²) < 4.78 is 23.4. The number of nitrogens with one attached hydrogen (secondary N) is 2. The van der Waals surface area contributed by atoms with Crippen molar-refractivity contribution < 1.29 is 18.8 Å². The largest absolute Gasteiger partial charge is 0.465 e. The van der Waals surface area contributed by atoms with E-state index >= 15 is 0 Å². The fraction of sp³-hybridized carbons (Fsp3) is 0.226. The summed E-state index contributed by atoms with van der Waals surface area (Å²) in [5, 5.41) is 6.59. The number of hydrogen-bond acceptors (Lipinski definition) is 6. The van der Waals surface area contributed by atoms with Gasteiger partial charge in [0.05, 0.1) is 6.61 Å². The van der Waals surface area contributed by atoms with Gasteiger partial charge in [0.25, 0.3) is 0 Å². The number of hydrogen-bond donors (Lipinski definition) is 2. The third kappa shape index (κ3) is 10.2. The van der Waals surface area contributed by atoms with Gasteiger partial charge in [-0.15, -0.1) is 0 Å². The number of rotatable bonds is 15. The fourth-order valence-electron chi connectivity index (χ4n) is 3.72. The van der Waals surface area contributed by atoms with Crippen LogP contribution in [0.4, 0.5) is 11.4 Å². The second-order valence-corrected chi connectivity index (χ2v) is 9.12. The highest BCUT2D eigenvalue weighted by molar-refractivity contribution is 6.47. The number of benzene rings is 4. The van der Waals surface area contributed by atoms with Crippen LogP contribution in [0, 0.1) is 0 Å². The van der Waals surface area contributed by atoms with Crippen molar-refractivity contribution in [1.29, 1.82) is 0 Å². The predicted molar refractivity (Wildman–Crippen MR) is 160 cm³/mol. The van der Waals surface area contributed by atoms with Gasteiger partial charge in [-0.3, -0.25) is 0 Å². The molecule has 0 heterocycles. The molecule has 0 aliphatic carbocycles. The Balaban J connectivity index is 1.13. The molecule has 2 N–H and O–H groups in total. The first-order chi connectivity index (χ1) is 19.0. The van der Waals surface area contributed by atoms with Crippen LogP contribution in [0.2, 0.25) is 0 Å². The van der Waals surface area contributed by atoms with E-state index in [0.29, 0.717) is 6.61 Å². The van der Waals surface area contributed by atoms with Crippen LogP contribution < -0.4 is 26.3 Å². The monoisotopic (exact) mass is 520 g/mol. The Morgan fingerprint density at radius 3 is 1.54 bits per heavy atom. The molecule has 0 aliphatic rings. The molecule has 0 spiro atoms. The Hall–Kier alpha value is -3.71. The van der Waals surface area contributed by atoms with Gasteiger partial charge >= 0.3 is 15.0 Å². The molecule has 2 radical (unpaired) electrons. The molecule has 0 aliphatic heterocycles. The molecule has 4 aromatic carbocycles. The summed E-state index contributed by atoms with van der Waals surface area (Å²) in [6, 6.07) is 35.7. The molecule has 0 amide bonds. The highest BCUT2D eigenvalue weighted by atomic mass is 16.7. The molecule has 3 atom stereocenters. The van der Waals surface area contributed by atoms with E-state index in [1.807, 2.05) is 130 Å². The lowest BCUT2D eigenvalue weighted by Gasteiger charge is -2.17. The Kier molecular flexibility index (Phi) is 10.9. The minimum Gasteiger partial charge on any atom is -0.465 e. The smallest absolute Gasteiger partial charge is 0.332 e. The van der Waals surface area contributed by atoms with Crippen molar-refractivity contribution in [2.45, 2.75) is 46.1 Å². The van der Waals surface area contributed by atoms with E-state index in [1.165, 1.54) is 0 Å². The molecular formula is C31H34B2N2O4. The van der Waals surface area contributed by atoms with Crippen LogP contribution in [0.1, 0.15) is 26.3 Å². The zero-order valence-electron chi connectivity index (χ0n) is 22.6. The maximum atomic E-state index is 5.91. The number of ether oxygens (including phenoxy) is 2. The molecule has 39 heavy (non-hydrogen) atoms. The van der Waals surface area contributed by atoms with Gasteiger partial charge in [0.15, 0.2) is 6.29 Å². The third-order valence-corrected chi connectivity index (χ3v) is 5.75. The topological polar surface area (TPSA) is 61.0 Å². The number of anilines is 2. The molecular weight excluding hydrogens is 486 g/mol. The van der Waals surface area contributed by atoms with Gasteiger partial charge in [-0.1, -0.05) is 83.7 Å². The van der Waals surface area contributed by atoms with E-state index in [4.69, 9.17) is 18.8 Å². The van der Waals surface area contributed by atoms with Crippen molar-refractivity contribution in [2.24, 2.45) is 0 Å². The van der Waals surface area contributed by atoms with Crippen LogP contribution >= 0.6 is 0 Å². The van der Waals surface area contributed by atoms with E-state index in [9.17, 15) is 0 Å². The molecule has 0 aromatic heterocycles. The predicted octanol–water partition coefficient (Wildman–Crippen LogP) is 5.07. The van der Waals surface area contributed by atoms with Crippen LogP contribution in [0.5, 0.6) is 5.75 Å². The van der Waals surface area contributed by atoms with Gasteiger partial charge < -0.3 is 29.4 Å². The first kappa shape index (κ1) is 28.3. The quantitative estimate of drug-likeness (QED) is 0.169. The average Bonchev–Trinajstić information content (AvgIpc) is 2.96. The highest BCUT2D eigenvalue weighted by Crippen LogP contribution is 2.13. The highest BCUT2D eigenvalue weighted by Gasteiger charge is 2.09. The Labute approximate surface area is 233 Å². The minimum atomic E-state index is -0.398. The Morgan fingerprint density at radius 1 is 0.590 bits per heavy atom. The van der Waals surface area contributed by atoms with E-state index in [1.54, 1.807) is 15.0 Å². The normalized spacial score (nSPS) is 13.1. The van der Waals surface area contributed by atoms with E-state index in [0.717, 1.165) is 33.6 Å². The second-order valence-electron chi connectivity index (χ2n) is 9.12. The van der Waals surface area contributed by atoms with Gasteiger partial charge in [-0.25, -0.2) is 0 Å². The fourth-order valence-corrected chi connectivity index (χ4v) is 3.72. The minimum absolute atomic E-state index is 0.145. The van der Waals surface area contributed by atoms with Gasteiger partial charge in [0, 0.05) is 11.4 Å². The lowest BCUT2D eigenvalue weighted by atomic mass is 9.87. The van der Waals surface area contributed by atoms with Crippen molar-refractivity contribution >= 4 is 37.3 Å². The maximum absolute atomic E-state index is 5.91. The van der Waals surface area contributed by atoms with Crippen molar-refractivity contribution in [3.8, 4) is 5.75 Å². The van der Waals surface area contributed by atoms with Crippen LogP contribution in [0.15, 0.2) is 109 Å². The van der Waals surface area contributed by atoms with Gasteiger partial charge in [-0.05, 0) is 62.7 Å². The van der Waals surface area contributed by atoms with Gasteiger partial charge in [-0.2, -0.15) is 0 Å². The zero-order valence-corrected chi connectivity index (χ0v) is 22.6. The Morgan fingerprint density at radius 2 is 1.05 bits per heavy atom. The maximum Gasteiger partial charge on any atom is 0.332 e. The first-order valence-electron chi connectivity index (χ1n) is 13.1. The van der Waals surface area contributed by atoms with Gasteiger partial charge in [0.1, 0.15) is 18.2 Å². The first-order valence-corrected chi connectivity index (χ1v) is 13.1. The van der Waals surface area contributed by atoms with Crippen LogP contribution in [0.25, 0.3) is 0 Å². The second kappa shape index (κ2) is 15.0. The molecule has 0 saturated carbocycles. The molecule has 198 valence electrons. The Bertz CT molecular complexity index is 1230. The van der Waals surface area contributed by atoms with Crippen molar-refractivity contribution in [2.75, 3.05) is 10.6 Å². The number of para-hydroxylation sites is 2. The lowest BCUT2D eigenvalue weighted by Crippen LogP contribution is -2.27. The molecule has 0 fully saturated rings. The molecule has 6 nitrogen and oxygen atoms in total. The molecule has 8 heteroatoms. The van der Waals surface area contributed by atoms with Crippen LogP contribution in [-0.2, 0) is 20.7 Å². The SMILES string of the molecule is CC(Nc1ccccc1)O[B]c1ccc(COC(C)Oc2ccc([B]OC(C)Nc3ccccc3)cc2)cc1. The lowest BCUT2D eigenvalue weighted by molar-refractivity contribution is -0.0759. The van der Waals surface area contributed by atoms with Crippen molar-refractivity contribution in [3.63, 3.8) is 0 Å². The summed E-state index contributed by atoms with van der Waals surface area (Å²) >= 11 is 0.